The molecular formula is C16H23N3O2. The van der Waals surface area contributed by atoms with Gasteiger partial charge in [-0.25, -0.2) is 4.79 Å². The van der Waals surface area contributed by atoms with Crippen LogP contribution in [0.25, 0.3) is 10.9 Å². The van der Waals surface area contributed by atoms with E-state index in [1.807, 2.05) is 45.0 Å². The Morgan fingerprint density at radius 1 is 1.33 bits per heavy atom. The number of aliphatic hydroxyl groups excluding tert-OH is 1. The number of aromatic amines is 1. The molecule has 0 radical (unpaired) electrons. The molecule has 21 heavy (non-hydrogen) atoms. The van der Waals surface area contributed by atoms with Crippen molar-refractivity contribution in [1.29, 1.82) is 0 Å². The van der Waals surface area contributed by atoms with Gasteiger partial charge in [0.25, 0.3) is 0 Å². The van der Waals surface area contributed by atoms with Gasteiger partial charge in [0.15, 0.2) is 0 Å². The third kappa shape index (κ3) is 4.23. The van der Waals surface area contributed by atoms with E-state index in [9.17, 15) is 9.90 Å². The van der Waals surface area contributed by atoms with Gasteiger partial charge in [-0.05, 0) is 43.5 Å². The molecule has 0 saturated heterocycles. The first kappa shape index (κ1) is 15.4. The van der Waals surface area contributed by atoms with Crippen LogP contribution >= 0.6 is 0 Å². The van der Waals surface area contributed by atoms with Gasteiger partial charge in [0, 0.05) is 28.8 Å². The first-order chi connectivity index (χ1) is 9.95. The number of anilines is 1. The predicted molar refractivity (Wildman–Crippen MR) is 85.5 cm³/mol. The number of carbonyl (C=O) groups excluding carboxylic acids is 1. The molecule has 1 aromatic carbocycles. The monoisotopic (exact) mass is 289 g/mol. The van der Waals surface area contributed by atoms with Gasteiger partial charge in [-0.3, -0.25) is 0 Å². The van der Waals surface area contributed by atoms with E-state index in [2.05, 4.69) is 15.6 Å². The van der Waals surface area contributed by atoms with Crippen LogP contribution in [0.3, 0.4) is 0 Å². The predicted octanol–water partition coefficient (Wildman–Crippen LogP) is 3.00. The summed E-state index contributed by atoms with van der Waals surface area (Å²) < 4.78 is 0. The summed E-state index contributed by atoms with van der Waals surface area (Å²) in [5.41, 5.74) is 2.90. The highest BCUT2D eigenvalue weighted by molar-refractivity contribution is 5.92. The van der Waals surface area contributed by atoms with Crippen LogP contribution in [-0.4, -0.2) is 28.8 Å². The topological polar surface area (TPSA) is 77.2 Å². The van der Waals surface area contributed by atoms with Gasteiger partial charge in [-0.15, -0.1) is 0 Å². The zero-order valence-corrected chi connectivity index (χ0v) is 12.7. The zero-order chi connectivity index (χ0) is 15.4. The number of hydrogen-bond donors (Lipinski definition) is 4. The van der Waals surface area contributed by atoms with Gasteiger partial charge in [0.2, 0.25) is 0 Å². The fourth-order valence-corrected chi connectivity index (χ4v) is 2.20. The van der Waals surface area contributed by atoms with E-state index in [1.165, 1.54) is 0 Å². The minimum atomic E-state index is -0.385. The molecule has 1 heterocycles. The minimum Gasteiger partial charge on any atom is -0.393 e. The summed E-state index contributed by atoms with van der Waals surface area (Å²) in [7, 11) is 0. The molecule has 0 bridgehead atoms. The van der Waals surface area contributed by atoms with Crippen molar-refractivity contribution in [3.63, 3.8) is 0 Å². The lowest BCUT2D eigenvalue weighted by atomic mass is 10.0. The molecule has 0 aliphatic carbocycles. The Balaban J connectivity index is 1.86. The average Bonchev–Trinajstić information content (AvgIpc) is 2.77. The fourth-order valence-electron chi connectivity index (χ4n) is 2.20. The van der Waals surface area contributed by atoms with Crippen molar-refractivity contribution in [3.05, 3.63) is 30.0 Å². The van der Waals surface area contributed by atoms with Crippen molar-refractivity contribution in [2.75, 3.05) is 11.9 Å². The maximum atomic E-state index is 11.8. The second-order valence-electron chi connectivity index (χ2n) is 5.74. The van der Waals surface area contributed by atoms with E-state index in [1.54, 1.807) is 0 Å². The number of aromatic nitrogens is 1. The van der Waals surface area contributed by atoms with Crippen LogP contribution in [-0.2, 0) is 0 Å². The molecule has 0 aliphatic rings. The van der Waals surface area contributed by atoms with Crippen molar-refractivity contribution < 1.29 is 9.90 Å². The third-order valence-corrected chi connectivity index (χ3v) is 3.51. The van der Waals surface area contributed by atoms with Crippen molar-refractivity contribution in [2.24, 2.45) is 5.92 Å². The molecule has 0 aliphatic heterocycles. The SMILES string of the molecule is Cc1cc2cc(NC(=O)NCCC(O)C(C)C)ccc2[nH]1. The Kier molecular flexibility index (Phi) is 4.85. The second-order valence-corrected chi connectivity index (χ2v) is 5.74. The summed E-state index contributed by atoms with van der Waals surface area (Å²) in [6.07, 6.45) is 0.172. The largest absolute Gasteiger partial charge is 0.393 e. The molecule has 5 heteroatoms. The van der Waals surface area contributed by atoms with Crippen LogP contribution in [0, 0.1) is 12.8 Å². The average molecular weight is 289 g/mol. The van der Waals surface area contributed by atoms with Crippen LogP contribution in [0.15, 0.2) is 24.3 Å². The summed E-state index contributed by atoms with van der Waals surface area (Å²) in [6, 6.07) is 7.53. The molecule has 4 N–H and O–H groups in total. The van der Waals surface area contributed by atoms with E-state index in [-0.39, 0.29) is 18.1 Å². The van der Waals surface area contributed by atoms with Crippen LogP contribution in [0.1, 0.15) is 26.0 Å². The first-order valence-corrected chi connectivity index (χ1v) is 7.28. The van der Waals surface area contributed by atoms with E-state index in [4.69, 9.17) is 0 Å². The number of H-pyrrole nitrogens is 1. The van der Waals surface area contributed by atoms with Crippen LogP contribution in [0.2, 0.25) is 0 Å². The molecule has 1 aromatic heterocycles. The molecule has 0 saturated carbocycles. The van der Waals surface area contributed by atoms with Gasteiger partial charge < -0.3 is 20.7 Å². The van der Waals surface area contributed by atoms with E-state index in [0.717, 1.165) is 22.3 Å². The Hall–Kier alpha value is -2.01. The van der Waals surface area contributed by atoms with Crippen LogP contribution in [0.5, 0.6) is 0 Å². The molecule has 2 aromatic rings. The van der Waals surface area contributed by atoms with E-state index in [0.29, 0.717) is 13.0 Å². The fraction of sp³-hybridized carbons (Fsp3) is 0.438. The molecule has 0 fully saturated rings. The maximum Gasteiger partial charge on any atom is 0.319 e. The number of benzene rings is 1. The Bertz CT molecular complexity index is 619. The summed E-state index contributed by atoms with van der Waals surface area (Å²) in [5, 5.41) is 16.3. The van der Waals surface area contributed by atoms with Crippen molar-refractivity contribution in [3.8, 4) is 0 Å². The number of hydrogen-bond acceptors (Lipinski definition) is 2. The highest BCUT2D eigenvalue weighted by atomic mass is 16.3. The lowest BCUT2D eigenvalue weighted by Crippen LogP contribution is -2.32. The molecular weight excluding hydrogens is 266 g/mol. The summed E-state index contributed by atoms with van der Waals surface area (Å²) in [4.78, 5) is 15.0. The van der Waals surface area contributed by atoms with Crippen molar-refractivity contribution in [1.82, 2.24) is 10.3 Å². The van der Waals surface area contributed by atoms with Crippen LogP contribution in [0.4, 0.5) is 10.5 Å². The maximum absolute atomic E-state index is 11.8. The minimum absolute atomic E-state index is 0.203. The number of aliphatic hydroxyl groups is 1. The second kappa shape index (κ2) is 6.63. The highest BCUT2D eigenvalue weighted by Gasteiger charge is 2.09. The van der Waals surface area contributed by atoms with Crippen molar-refractivity contribution >= 4 is 22.6 Å². The highest BCUT2D eigenvalue weighted by Crippen LogP contribution is 2.19. The smallest absolute Gasteiger partial charge is 0.319 e. The number of aryl methyl sites for hydroxylation is 1. The number of fused-ring (bicyclic) bond motifs is 1. The number of nitrogens with one attached hydrogen (secondary N) is 3. The Labute approximate surface area is 124 Å². The van der Waals surface area contributed by atoms with Crippen LogP contribution < -0.4 is 10.6 Å². The normalized spacial score (nSPS) is 12.6. The van der Waals surface area contributed by atoms with Gasteiger partial charge in [0.1, 0.15) is 0 Å². The summed E-state index contributed by atoms with van der Waals surface area (Å²) in [6.45, 7) is 6.37. The van der Waals surface area contributed by atoms with Gasteiger partial charge in [0.05, 0.1) is 6.10 Å². The van der Waals surface area contributed by atoms with Gasteiger partial charge in [-0.1, -0.05) is 13.8 Å². The van der Waals surface area contributed by atoms with Gasteiger partial charge in [-0.2, -0.15) is 0 Å². The third-order valence-electron chi connectivity index (χ3n) is 3.51. The Morgan fingerprint density at radius 2 is 2.10 bits per heavy atom. The number of amides is 2. The standard InChI is InChI=1S/C16H23N3O2/c1-10(2)15(20)6-7-17-16(21)19-13-4-5-14-12(9-13)8-11(3)18-14/h4-5,8-10,15,18,20H,6-7H2,1-3H3,(H2,17,19,21). The summed E-state index contributed by atoms with van der Waals surface area (Å²) in [5.74, 6) is 0.203. The lowest BCUT2D eigenvalue weighted by molar-refractivity contribution is 0.117. The summed E-state index contributed by atoms with van der Waals surface area (Å²) >= 11 is 0. The Morgan fingerprint density at radius 3 is 2.81 bits per heavy atom. The molecule has 5 nitrogen and oxygen atoms in total. The van der Waals surface area contributed by atoms with E-state index < -0.39 is 0 Å². The number of rotatable bonds is 5. The number of urea groups is 1. The molecule has 0 spiro atoms. The van der Waals surface area contributed by atoms with Gasteiger partial charge >= 0.3 is 6.03 Å². The quantitative estimate of drug-likeness (QED) is 0.683. The van der Waals surface area contributed by atoms with E-state index >= 15 is 0 Å². The zero-order valence-electron chi connectivity index (χ0n) is 12.7. The lowest BCUT2D eigenvalue weighted by Gasteiger charge is -2.14. The first-order valence-electron chi connectivity index (χ1n) is 7.28. The van der Waals surface area contributed by atoms with Crippen molar-refractivity contribution in [2.45, 2.75) is 33.3 Å². The number of carbonyl (C=O) groups is 1. The molecule has 1 atom stereocenters. The molecule has 114 valence electrons. The molecule has 1 unspecified atom stereocenters. The molecule has 2 amide bonds. The molecule has 2 rings (SSSR count).